The lowest BCUT2D eigenvalue weighted by molar-refractivity contribution is 0.282. The van der Waals surface area contributed by atoms with Crippen molar-refractivity contribution in [1.29, 1.82) is 0 Å². The first-order valence-electron chi connectivity index (χ1n) is 12.9. The molecule has 268 valence electrons. The highest BCUT2D eigenvalue weighted by Crippen LogP contribution is 2.38. The Morgan fingerprint density at radius 3 is 1.63 bits per heavy atom. The van der Waals surface area contributed by atoms with Crippen LogP contribution in [-0.4, -0.2) is 87.5 Å². The predicted molar refractivity (Wildman–Crippen MR) is 171 cm³/mol. The summed E-state index contributed by atoms with van der Waals surface area (Å²) in [4.78, 5) is -1.82. The van der Waals surface area contributed by atoms with Gasteiger partial charge in [-0.2, -0.15) is 30.4 Å². The van der Waals surface area contributed by atoms with Crippen molar-refractivity contribution in [3.63, 3.8) is 0 Å². The lowest BCUT2D eigenvalue weighted by atomic mass is 10.2. The number of anilines is 2. The number of sulfone groups is 2. The van der Waals surface area contributed by atoms with E-state index in [1.165, 1.54) is 43.4 Å². The zero-order chi connectivity index (χ0) is 36.8. The van der Waals surface area contributed by atoms with Crippen LogP contribution in [-0.2, 0) is 59.0 Å². The average Bonchev–Trinajstić information content (AvgIpc) is 2.97. The second-order valence-electron chi connectivity index (χ2n) is 9.31. The van der Waals surface area contributed by atoms with E-state index in [0.717, 1.165) is 12.1 Å². The molecule has 0 bridgehead atoms. The van der Waals surface area contributed by atoms with Gasteiger partial charge in [0, 0.05) is 7.05 Å². The van der Waals surface area contributed by atoms with Crippen molar-refractivity contribution >= 4 is 84.7 Å². The van der Waals surface area contributed by atoms with E-state index in [4.69, 9.17) is 14.8 Å². The van der Waals surface area contributed by atoms with Gasteiger partial charge in [0.15, 0.2) is 19.7 Å². The van der Waals surface area contributed by atoms with Crippen LogP contribution in [0.3, 0.4) is 0 Å². The number of hydrogen-bond acceptors (Lipinski definition) is 18. The Bertz CT molecular complexity index is 2330. The smallest absolute Gasteiger partial charge is 0.397 e. The molecule has 21 nitrogen and oxygen atoms in total. The zero-order valence-electron chi connectivity index (χ0n) is 24.7. The molecule has 0 radical (unpaired) electrons. The Kier molecular flexibility index (Phi) is 12.3. The Morgan fingerprint density at radius 1 is 0.633 bits per heavy atom. The molecule has 0 aliphatic heterocycles. The highest BCUT2D eigenvalue weighted by Gasteiger charge is 2.23. The Hall–Kier alpha value is -3.99. The van der Waals surface area contributed by atoms with Crippen LogP contribution in [0.25, 0.3) is 0 Å². The predicted octanol–water partition coefficient (Wildman–Crippen LogP) is 2.57. The van der Waals surface area contributed by atoms with E-state index in [-0.39, 0.29) is 33.3 Å². The van der Waals surface area contributed by atoms with E-state index in [1.807, 2.05) is 0 Å². The van der Waals surface area contributed by atoms with Crippen molar-refractivity contribution in [2.75, 3.05) is 42.8 Å². The first kappa shape index (κ1) is 39.4. The summed E-state index contributed by atoms with van der Waals surface area (Å²) in [6, 6.07) is 9.94. The quantitative estimate of drug-likeness (QED) is 0.0791. The van der Waals surface area contributed by atoms with Gasteiger partial charge in [-0.05, 0) is 54.6 Å². The normalized spacial score (nSPS) is 13.3. The summed E-state index contributed by atoms with van der Waals surface area (Å²) in [5.41, 5.74) is 6.09. The molecule has 26 heteroatoms. The first-order chi connectivity index (χ1) is 22.5. The van der Waals surface area contributed by atoms with Crippen LogP contribution in [0.15, 0.2) is 89.7 Å². The average molecular weight is 787 g/mol. The maximum Gasteiger partial charge on any atom is 0.397 e. The molecule has 0 saturated carbocycles. The third kappa shape index (κ3) is 11.8. The monoisotopic (exact) mass is 786 g/mol. The molecule has 0 aliphatic carbocycles. The standard InChI is InChI=1S/C23H26N6O15S5/c1-25-21-13-18(24)20(28-26-15-2-4-16(5-3-15)45(30,31)10-8-43-48(37,38)39)14-22(21)29-27-19-7-6-17(12-23(19)47(34,35)36)46(32,33)11-9-44-49(40,41)42/h2-7,12-14,25H,8-11,24H2,1H3,(H,34,35,36)(H,37,38,39)(H,40,41,42)/b28-26+,29-27+. The minimum absolute atomic E-state index is 0.0135. The molecular weight excluding hydrogens is 761 g/mol. The van der Waals surface area contributed by atoms with Crippen LogP contribution in [0.4, 0.5) is 34.1 Å². The fraction of sp³-hybridized carbons (Fsp3) is 0.217. The minimum Gasteiger partial charge on any atom is -0.397 e. The molecule has 0 amide bonds. The van der Waals surface area contributed by atoms with Gasteiger partial charge in [0.2, 0.25) is 0 Å². The van der Waals surface area contributed by atoms with Gasteiger partial charge in [0.1, 0.15) is 22.0 Å². The maximum atomic E-state index is 12.5. The summed E-state index contributed by atoms with van der Waals surface area (Å²) in [5, 5.41) is 18.5. The number of rotatable bonds is 16. The molecule has 0 fully saturated rings. The molecule has 0 spiro atoms. The zero-order valence-corrected chi connectivity index (χ0v) is 28.8. The van der Waals surface area contributed by atoms with Gasteiger partial charge in [0.25, 0.3) is 10.1 Å². The van der Waals surface area contributed by atoms with Gasteiger partial charge in [-0.1, -0.05) is 0 Å². The Balaban J connectivity index is 1.89. The molecule has 3 aromatic carbocycles. The van der Waals surface area contributed by atoms with Crippen LogP contribution in [0.2, 0.25) is 0 Å². The number of azo groups is 2. The van der Waals surface area contributed by atoms with Crippen molar-refractivity contribution in [3.8, 4) is 0 Å². The van der Waals surface area contributed by atoms with Crippen molar-refractivity contribution in [3.05, 3.63) is 54.6 Å². The van der Waals surface area contributed by atoms with Gasteiger partial charge in [-0.25, -0.2) is 25.2 Å². The SMILES string of the molecule is CNc1cc(N)c(/N=N/c2ccc(S(=O)(=O)CCOS(=O)(=O)O)cc2)cc1/N=N/c1ccc(S(=O)(=O)CCOS(=O)(=O)O)cc1S(=O)(=O)O. The molecule has 3 aromatic rings. The van der Waals surface area contributed by atoms with Gasteiger partial charge >= 0.3 is 20.8 Å². The lowest BCUT2D eigenvalue weighted by Crippen LogP contribution is -2.16. The number of nitrogen functional groups attached to an aromatic ring is 1. The van der Waals surface area contributed by atoms with Crippen molar-refractivity contribution in [2.24, 2.45) is 20.5 Å². The third-order valence-electron chi connectivity index (χ3n) is 5.89. The van der Waals surface area contributed by atoms with Crippen LogP contribution in [0.5, 0.6) is 0 Å². The molecule has 0 aromatic heterocycles. The fourth-order valence-electron chi connectivity index (χ4n) is 3.61. The van der Waals surface area contributed by atoms with Crippen molar-refractivity contribution in [2.45, 2.75) is 14.7 Å². The molecule has 49 heavy (non-hydrogen) atoms. The number of benzene rings is 3. The molecule has 0 aliphatic rings. The van der Waals surface area contributed by atoms with Gasteiger partial charge < -0.3 is 11.1 Å². The van der Waals surface area contributed by atoms with E-state index >= 15 is 0 Å². The van der Waals surface area contributed by atoms with Gasteiger partial charge in [-0.15, -0.1) is 15.3 Å². The molecule has 0 saturated heterocycles. The van der Waals surface area contributed by atoms with E-state index < -0.39 is 90.8 Å². The molecular formula is C23H26N6O15S5. The lowest BCUT2D eigenvalue weighted by Gasteiger charge is -2.09. The summed E-state index contributed by atoms with van der Waals surface area (Å²) in [5.74, 6) is -1.73. The third-order valence-corrected chi connectivity index (χ3v) is 11.1. The highest BCUT2D eigenvalue weighted by atomic mass is 32.3. The van der Waals surface area contributed by atoms with Crippen LogP contribution >= 0.6 is 0 Å². The Labute approximate surface area is 280 Å². The Morgan fingerprint density at radius 2 is 1.12 bits per heavy atom. The van der Waals surface area contributed by atoms with Crippen LogP contribution < -0.4 is 11.1 Å². The minimum atomic E-state index is -5.09. The number of nitrogens with zero attached hydrogens (tertiary/aromatic N) is 4. The van der Waals surface area contributed by atoms with E-state index in [1.54, 1.807) is 0 Å². The summed E-state index contributed by atoms with van der Waals surface area (Å²) < 4.78 is 152. The van der Waals surface area contributed by atoms with Crippen LogP contribution in [0, 0.1) is 0 Å². The first-order valence-corrected chi connectivity index (χ1v) is 20.3. The second kappa shape index (κ2) is 15.3. The van der Waals surface area contributed by atoms with Crippen molar-refractivity contribution in [1.82, 2.24) is 0 Å². The highest BCUT2D eigenvalue weighted by molar-refractivity contribution is 7.92. The summed E-state index contributed by atoms with van der Waals surface area (Å²) in [6.45, 7) is -1.80. The van der Waals surface area contributed by atoms with Crippen LogP contribution in [0.1, 0.15) is 0 Å². The summed E-state index contributed by atoms with van der Waals surface area (Å²) in [7, 11) is -21.7. The fourth-order valence-corrected chi connectivity index (χ4v) is 7.34. The summed E-state index contributed by atoms with van der Waals surface area (Å²) in [6.07, 6.45) is 0. The molecule has 0 heterocycles. The van der Waals surface area contributed by atoms with Gasteiger partial charge in [0.05, 0.1) is 51.6 Å². The number of hydrogen-bond donors (Lipinski definition) is 5. The molecule has 0 unspecified atom stereocenters. The molecule has 0 atom stereocenters. The van der Waals surface area contributed by atoms with Crippen molar-refractivity contribution < 1.29 is 64.1 Å². The van der Waals surface area contributed by atoms with Gasteiger partial charge in [-0.3, -0.25) is 13.7 Å². The molecule has 6 N–H and O–H groups in total. The number of nitrogens with two attached hydrogens (primary N) is 1. The largest absolute Gasteiger partial charge is 0.397 e. The van der Waals surface area contributed by atoms with E-state index in [9.17, 15) is 46.6 Å². The van der Waals surface area contributed by atoms with E-state index in [2.05, 4.69) is 34.1 Å². The summed E-state index contributed by atoms with van der Waals surface area (Å²) >= 11 is 0. The number of nitrogens with one attached hydrogen (secondary N) is 1. The molecule has 3 rings (SSSR count). The van der Waals surface area contributed by atoms with E-state index in [0.29, 0.717) is 6.07 Å². The maximum absolute atomic E-state index is 12.5. The topological polar surface area (TPSA) is 337 Å². The second-order valence-corrected chi connectivity index (χ2v) is 17.1.